The highest BCUT2D eigenvalue weighted by molar-refractivity contribution is 6.30. The van der Waals surface area contributed by atoms with Crippen LogP contribution in [0.1, 0.15) is 29.8 Å². The van der Waals surface area contributed by atoms with Gasteiger partial charge < -0.3 is 14.8 Å². The van der Waals surface area contributed by atoms with E-state index in [1.54, 1.807) is 30.5 Å². The smallest absolute Gasteiger partial charge is 0.223 e. The molecular weight excluding hydrogens is 290 g/mol. The van der Waals surface area contributed by atoms with Gasteiger partial charge in [0.1, 0.15) is 5.76 Å². The van der Waals surface area contributed by atoms with Crippen molar-refractivity contribution in [3.63, 3.8) is 0 Å². The van der Waals surface area contributed by atoms with Gasteiger partial charge >= 0.3 is 0 Å². The molecule has 3 rings (SSSR count). The van der Waals surface area contributed by atoms with Crippen LogP contribution >= 0.6 is 11.6 Å². The second kappa shape index (κ2) is 5.92. The standard InChI is InChI=1S/C16H16ClNO3/c17-11-5-3-10(4-6-11)14(19)9-18-16(20)13-8-12(13)15-2-1-7-21-15/h1-7,12-14,19H,8-9H2,(H,18,20)/t12-,13-,14-/m0/s1. The van der Waals surface area contributed by atoms with Crippen LogP contribution in [0.2, 0.25) is 5.02 Å². The fourth-order valence-electron chi connectivity index (χ4n) is 2.43. The summed E-state index contributed by atoms with van der Waals surface area (Å²) in [7, 11) is 0. The molecule has 1 aliphatic carbocycles. The average Bonchev–Trinajstić information content (AvgIpc) is 3.11. The van der Waals surface area contributed by atoms with E-state index in [9.17, 15) is 9.90 Å². The molecule has 110 valence electrons. The van der Waals surface area contributed by atoms with Crippen molar-refractivity contribution < 1.29 is 14.3 Å². The first-order valence-corrected chi connectivity index (χ1v) is 7.27. The molecule has 21 heavy (non-hydrogen) atoms. The molecule has 4 nitrogen and oxygen atoms in total. The van der Waals surface area contributed by atoms with Crippen LogP contribution in [-0.2, 0) is 4.79 Å². The van der Waals surface area contributed by atoms with Crippen LogP contribution in [0.3, 0.4) is 0 Å². The third kappa shape index (κ3) is 3.28. The van der Waals surface area contributed by atoms with Gasteiger partial charge in [-0.05, 0) is 36.2 Å². The summed E-state index contributed by atoms with van der Waals surface area (Å²) in [6.07, 6.45) is 1.69. The van der Waals surface area contributed by atoms with Crippen molar-refractivity contribution in [3.05, 3.63) is 59.0 Å². The summed E-state index contributed by atoms with van der Waals surface area (Å²) in [5.41, 5.74) is 0.734. The van der Waals surface area contributed by atoms with E-state index in [2.05, 4.69) is 5.32 Å². The van der Waals surface area contributed by atoms with Gasteiger partial charge in [-0.3, -0.25) is 4.79 Å². The van der Waals surface area contributed by atoms with Crippen LogP contribution in [0, 0.1) is 5.92 Å². The molecule has 1 aliphatic rings. The zero-order valence-electron chi connectivity index (χ0n) is 11.3. The van der Waals surface area contributed by atoms with Gasteiger partial charge in [0.05, 0.1) is 12.4 Å². The van der Waals surface area contributed by atoms with Crippen molar-refractivity contribution >= 4 is 17.5 Å². The third-order valence-electron chi connectivity index (χ3n) is 3.76. The Hall–Kier alpha value is -1.78. The summed E-state index contributed by atoms with van der Waals surface area (Å²) in [6.45, 7) is 0.196. The Labute approximate surface area is 127 Å². The number of hydrogen-bond donors (Lipinski definition) is 2. The Balaban J connectivity index is 1.49. The maximum atomic E-state index is 12.0. The summed E-state index contributed by atoms with van der Waals surface area (Å²) in [5, 5.41) is 13.4. The van der Waals surface area contributed by atoms with Gasteiger partial charge in [-0.2, -0.15) is 0 Å². The van der Waals surface area contributed by atoms with E-state index in [0.29, 0.717) is 5.02 Å². The van der Waals surface area contributed by atoms with Gasteiger partial charge in [0.25, 0.3) is 0 Å². The number of furan rings is 1. The fourth-order valence-corrected chi connectivity index (χ4v) is 2.56. The highest BCUT2D eigenvalue weighted by Crippen LogP contribution is 2.47. The lowest BCUT2D eigenvalue weighted by atomic mass is 10.1. The predicted octanol–water partition coefficient (Wildman–Crippen LogP) is 2.89. The maximum Gasteiger partial charge on any atom is 0.223 e. The molecule has 1 aromatic heterocycles. The quantitative estimate of drug-likeness (QED) is 0.893. The highest BCUT2D eigenvalue weighted by atomic mass is 35.5. The number of carbonyl (C=O) groups excluding carboxylic acids is 1. The van der Waals surface area contributed by atoms with Gasteiger partial charge in [0.2, 0.25) is 5.91 Å². The number of rotatable bonds is 5. The zero-order chi connectivity index (χ0) is 14.8. The van der Waals surface area contributed by atoms with E-state index in [1.165, 1.54) is 0 Å². The monoisotopic (exact) mass is 305 g/mol. The van der Waals surface area contributed by atoms with Crippen molar-refractivity contribution in [1.82, 2.24) is 5.32 Å². The molecule has 5 heteroatoms. The van der Waals surface area contributed by atoms with Crippen molar-refractivity contribution in [3.8, 4) is 0 Å². The number of carbonyl (C=O) groups is 1. The number of aliphatic hydroxyl groups excluding tert-OH is 1. The summed E-state index contributed by atoms with van der Waals surface area (Å²) in [4.78, 5) is 12.0. The average molecular weight is 306 g/mol. The normalized spacial score (nSPS) is 21.8. The van der Waals surface area contributed by atoms with Gasteiger partial charge in [-0.1, -0.05) is 23.7 Å². The largest absolute Gasteiger partial charge is 0.469 e. The van der Waals surface area contributed by atoms with E-state index in [-0.39, 0.29) is 24.3 Å². The molecular formula is C16H16ClNO3. The van der Waals surface area contributed by atoms with E-state index in [4.69, 9.17) is 16.0 Å². The summed E-state index contributed by atoms with van der Waals surface area (Å²) in [6, 6.07) is 10.7. The van der Waals surface area contributed by atoms with Gasteiger partial charge in [-0.15, -0.1) is 0 Å². The van der Waals surface area contributed by atoms with Crippen molar-refractivity contribution in [2.45, 2.75) is 18.4 Å². The highest BCUT2D eigenvalue weighted by Gasteiger charge is 2.45. The molecule has 0 saturated heterocycles. The van der Waals surface area contributed by atoms with Gasteiger partial charge in [-0.25, -0.2) is 0 Å². The van der Waals surface area contributed by atoms with Crippen LogP contribution in [0.25, 0.3) is 0 Å². The van der Waals surface area contributed by atoms with Crippen LogP contribution in [0.5, 0.6) is 0 Å². The predicted molar refractivity (Wildman–Crippen MR) is 79.0 cm³/mol. The maximum absolute atomic E-state index is 12.0. The summed E-state index contributed by atoms with van der Waals surface area (Å²) < 4.78 is 5.30. The second-order valence-electron chi connectivity index (χ2n) is 5.28. The van der Waals surface area contributed by atoms with Crippen LogP contribution in [0.15, 0.2) is 47.1 Å². The van der Waals surface area contributed by atoms with Crippen molar-refractivity contribution in [2.75, 3.05) is 6.54 Å². The van der Waals surface area contributed by atoms with Crippen molar-refractivity contribution in [1.29, 1.82) is 0 Å². The Kier molecular flexibility index (Phi) is 3.99. The Morgan fingerprint density at radius 3 is 2.81 bits per heavy atom. The molecule has 1 amide bonds. The first kappa shape index (κ1) is 14.2. The Bertz CT molecular complexity index is 609. The first-order valence-electron chi connectivity index (χ1n) is 6.90. The molecule has 0 aliphatic heterocycles. The minimum Gasteiger partial charge on any atom is -0.469 e. The molecule has 0 radical (unpaired) electrons. The van der Waals surface area contributed by atoms with Gasteiger partial charge in [0.15, 0.2) is 0 Å². The molecule has 1 fully saturated rings. The summed E-state index contributed by atoms with van der Waals surface area (Å²) in [5.74, 6) is 0.944. The zero-order valence-corrected chi connectivity index (χ0v) is 12.1. The molecule has 1 aromatic carbocycles. The van der Waals surface area contributed by atoms with Crippen LogP contribution in [0.4, 0.5) is 0 Å². The number of benzene rings is 1. The third-order valence-corrected chi connectivity index (χ3v) is 4.01. The van der Waals surface area contributed by atoms with Crippen LogP contribution in [-0.4, -0.2) is 17.6 Å². The molecule has 1 saturated carbocycles. The number of amides is 1. The molecule has 0 bridgehead atoms. The number of hydrogen-bond acceptors (Lipinski definition) is 3. The minimum absolute atomic E-state index is 0.0376. The number of halogens is 1. The number of aliphatic hydroxyl groups is 1. The Morgan fingerprint density at radius 2 is 2.14 bits per heavy atom. The Morgan fingerprint density at radius 1 is 1.38 bits per heavy atom. The molecule has 2 N–H and O–H groups in total. The lowest BCUT2D eigenvalue weighted by Crippen LogP contribution is -2.29. The lowest BCUT2D eigenvalue weighted by molar-refractivity contribution is -0.122. The molecule has 0 unspecified atom stereocenters. The SMILES string of the molecule is O=C(NC[C@H](O)c1ccc(Cl)cc1)[C@H]1C[C@@H]1c1ccco1. The van der Waals surface area contributed by atoms with E-state index in [1.807, 2.05) is 12.1 Å². The van der Waals surface area contributed by atoms with E-state index < -0.39 is 6.10 Å². The topological polar surface area (TPSA) is 62.5 Å². The van der Waals surface area contributed by atoms with E-state index >= 15 is 0 Å². The molecule has 3 atom stereocenters. The number of nitrogens with one attached hydrogen (secondary N) is 1. The molecule has 0 spiro atoms. The first-order chi connectivity index (χ1) is 10.1. The second-order valence-corrected chi connectivity index (χ2v) is 5.71. The minimum atomic E-state index is -0.730. The van der Waals surface area contributed by atoms with Crippen molar-refractivity contribution in [2.24, 2.45) is 5.92 Å². The fraction of sp³-hybridized carbons (Fsp3) is 0.312. The lowest BCUT2D eigenvalue weighted by Gasteiger charge is -2.12. The molecule has 2 aromatic rings. The van der Waals surface area contributed by atoms with Crippen LogP contribution < -0.4 is 5.32 Å². The van der Waals surface area contributed by atoms with E-state index in [0.717, 1.165) is 17.7 Å². The molecule has 1 heterocycles. The van der Waals surface area contributed by atoms with Gasteiger partial charge in [0, 0.05) is 23.4 Å². The summed E-state index contributed by atoms with van der Waals surface area (Å²) >= 11 is 5.80.